The lowest BCUT2D eigenvalue weighted by molar-refractivity contribution is -0.147. The molecule has 4 nitrogen and oxygen atoms in total. The maximum atomic E-state index is 11.7. The zero-order valence-corrected chi connectivity index (χ0v) is 10.9. The van der Waals surface area contributed by atoms with Gasteiger partial charge in [-0.1, -0.05) is 0 Å². The molecule has 3 atom stereocenters. The number of hydrogen-bond acceptors (Lipinski definition) is 4. The number of carbonyl (C=O) groups excluding carboxylic acids is 1. The van der Waals surface area contributed by atoms with Crippen LogP contribution in [0.1, 0.15) is 32.6 Å². The Morgan fingerprint density at radius 3 is 2.88 bits per heavy atom. The predicted molar refractivity (Wildman–Crippen MR) is 66.7 cm³/mol. The maximum Gasteiger partial charge on any atom is 0.325 e. The zero-order valence-electron chi connectivity index (χ0n) is 10.9. The van der Waals surface area contributed by atoms with Crippen LogP contribution in [-0.2, 0) is 9.53 Å². The smallest absolute Gasteiger partial charge is 0.325 e. The highest BCUT2D eigenvalue weighted by Crippen LogP contribution is 2.31. The Morgan fingerprint density at radius 1 is 1.41 bits per heavy atom. The van der Waals surface area contributed by atoms with E-state index in [0.29, 0.717) is 5.92 Å². The van der Waals surface area contributed by atoms with Gasteiger partial charge >= 0.3 is 5.97 Å². The molecule has 0 aromatic heterocycles. The SMILES string of the molecule is COC(=O)C1(C)CC(CC2CCCNC2)CN1. The molecule has 0 aromatic rings. The van der Waals surface area contributed by atoms with Crippen LogP contribution in [0, 0.1) is 11.8 Å². The van der Waals surface area contributed by atoms with E-state index in [9.17, 15) is 4.79 Å². The summed E-state index contributed by atoms with van der Waals surface area (Å²) in [5.41, 5.74) is -0.457. The van der Waals surface area contributed by atoms with Gasteiger partial charge in [0.05, 0.1) is 7.11 Å². The van der Waals surface area contributed by atoms with Crippen LogP contribution >= 0.6 is 0 Å². The van der Waals surface area contributed by atoms with Crippen LogP contribution in [-0.4, -0.2) is 38.3 Å². The Balaban J connectivity index is 1.82. The molecule has 2 N–H and O–H groups in total. The van der Waals surface area contributed by atoms with Crippen LogP contribution in [0.5, 0.6) is 0 Å². The molecule has 2 fully saturated rings. The van der Waals surface area contributed by atoms with Gasteiger partial charge < -0.3 is 15.4 Å². The molecule has 0 aromatic carbocycles. The second-order valence-electron chi connectivity index (χ2n) is 5.72. The molecule has 0 aliphatic carbocycles. The summed E-state index contributed by atoms with van der Waals surface area (Å²) in [4.78, 5) is 11.7. The average Bonchev–Trinajstić information content (AvgIpc) is 2.72. The van der Waals surface area contributed by atoms with Gasteiger partial charge in [0.15, 0.2) is 0 Å². The molecule has 4 heteroatoms. The van der Waals surface area contributed by atoms with E-state index >= 15 is 0 Å². The molecule has 98 valence electrons. The number of hydrogen-bond donors (Lipinski definition) is 2. The van der Waals surface area contributed by atoms with Gasteiger partial charge in [0.25, 0.3) is 0 Å². The van der Waals surface area contributed by atoms with Gasteiger partial charge in [0.2, 0.25) is 0 Å². The average molecular weight is 240 g/mol. The van der Waals surface area contributed by atoms with E-state index in [4.69, 9.17) is 4.74 Å². The summed E-state index contributed by atoms with van der Waals surface area (Å²) in [5, 5.41) is 6.78. The molecule has 0 bridgehead atoms. The monoisotopic (exact) mass is 240 g/mol. The third kappa shape index (κ3) is 2.99. The van der Waals surface area contributed by atoms with Crippen molar-refractivity contribution in [2.75, 3.05) is 26.7 Å². The first kappa shape index (κ1) is 12.8. The summed E-state index contributed by atoms with van der Waals surface area (Å²) >= 11 is 0. The minimum Gasteiger partial charge on any atom is -0.468 e. The highest BCUT2D eigenvalue weighted by molar-refractivity contribution is 5.80. The normalized spacial score (nSPS) is 38.0. The van der Waals surface area contributed by atoms with Crippen LogP contribution in [0.2, 0.25) is 0 Å². The summed E-state index contributed by atoms with van der Waals surface area (Å²) in [7, 11) is 1.47. The van der Waals surface area contributed by atoms with E-state index in [1.807, 2.05) is 6.92 Å². The molecule has 2 saturated heterocycles. The molecule has 17 heavy (non-hydrogen) atoms. The highest BCUT2D eigenvalue weighted by Gasteiger charge is 2.42. The van der Waals surface area contributed by atoms with Crippen molar-refractivity contribution in [3.05, 3.63) is 0 Å². The van der Waals surface area contributed by atoms with Crippen molar-refractivity contribution >= 4 is 5.97 Å². The first-order valence-electron chi connectivity index (χ1n) is 6.68. The molecule has 2 heterocycles. The van der Waals surface area contributed by atoms with Crippen molar-refractivity contribution in [1.29, 1.82) is 0 Å². The number of carbonyl (C=O) groups is 1. The molecular weight excluding hydrogens is 216 g/mol. The Morgan fingerprint density at radius 2 is 2.24 bits per heavy atom. The van der Waals surface area contributed by atoms with Crippen molar-refractivity contribution in [3.8, 4) is 0 Å². The topological polar surface area (TPSA) is 50.4 Å². The third-order valence-corrected chi connectivity index (χ3v) is 4.18. The summed E-state index contributed by atoms with van der Waals surface area (Å²) in [5.74, 6) is 1.28. The van der Waals surface area contributed by atoms with Gasteiger partial charge in [-0.3, -0.25) is 4.79 Å². The van der Waals surface area contributed by atoms with Gasteiger partial charge in [-0.2, -0.15) is 0 Å². The summed E-state index contributed by atoms with van der Waals surface area (Å²) in [6.45, 7) is 5.21. The first-order chi connectivity index (χ1) is 8.14. The molecule has 3 unspecified atom stereocenters. The predicted octanol–water partition coefficient (Wildman–Crippen LogP) is 0.917. The van der Waals surface area contributed by atoms with Gasteiger partial charge in [-0.25, -0.2) is 0 Å². The number of piperidine rings is 1. The number of ether oxygens (including phenoxy) is 1. The first-order valence-corrected chi connectivity index (χ1v) is 6.68. The fourth-order valence-electron chi connectivity index (χ4n) is 3.24. The Kier molecular flexibility index (Phi) is 4.05. The molecule has 0 spiro atoms. The zero-order chi connectivity index (χ0) is 12.3. The van der Waals surface area contributed by atoms with Crippen molar-refractivity contribution in [2.45, 2.75) is 38.1 Å². The van der Waals surface area contributed by atoms with E-state index in [-0.39, 0.29) is 5.97 Å². The van der Waals surface area contributed by atoms with Crippen LogP contribution < -0.4 is 10.6 Å². The lowest BCUT2D eigenvalue weighted by atomic mass is 9.85. The van der Waals surface area contributed by atoms with Crippen molar-refractivity contribution in [3.63, 3.8) is 0 Å². The number of methoxy groups -OCH3 is 1. The van der Waals surface area contributed by atoms with E-state index in [2.05, 4.69) is 10.6 Å². The van der Waals surface area contributed by atoms with E-state index in [1.54, 1.807) is 0 Å². The van der Waals surface area contributed by atoms with Gasteiger partial charge in [0, 0.05) is 0 Å². The molecule has 0 saturated carbocycles. The van der Waals surface area contributed by atoms with Crippen LogP contribution in [0.4, 0.5) is 0 Å². The Labute approximate surface area is 103 Å². The fraction of sp³-hybridized carbons (Fsp3) is 0.923. The molecule has 2 aliphatic heterocycles. The fourth-order valence-corrected chi connectivity index (χ4v) is 3.24. The van der Waals surface area contributed by atoms with E-state index < -0.39 is 5.54 Å². The minimum absolute atomic E-state index is 0.123. The molecule has 2 aliphatic rings. The summed E-state index contributed by atoms with van der Waals surface area (Å²) < 4.78 is 4.86. The molecule has 2 rings (SSSR count). The van der Waals surface area contributed by atoms with Gasteiger partial charge in [-0.15, -0.1) is 0 Å². The van der Waals surface area contributed by atoms with Crippen molar-refractivity contribution in [1.82, 2.24) is 10.6 Å². The number of rotatable bonds is 3. The minimum atomic E-state index is -0.457. The second-order valence-corrected chi connectivity index (χ2v) is 5.72. The van der Waals surface area contributed by atoms with E-state index in [0.717, 1.165) is 25.4 Å². The number of nitrogens with one attached hydrogen (secondary N) is 2. The van der Waals surface area contributed by atoms with Gasteiger partial charge in [0.1, 0.15) is 5.54 Å². The lowest BCUT2D eigenvalue weighted by Gasteiger charge is -2.25. The summed E-state index contributed by atoms with van der Waals surface area (Å²) in [6.07, 6.45) is 4.76. The third-order valence-electron chi connectivity index (χ3n) is 4.18. The highest BCUT2D eigenvalue weighted by atomic mass is 16.5. The lowest BCUT2D eigenvalue weighted by Crippen LogP contribution is -2.45. The van der Waals surface area contributed by atoms with Crippen molar-refractivity contribution in [2.24, 2.45) is 11.8 Å². The summed E-state index contributed by atoms with van der Waals surface area (Å²) in [6, 6.07) is 0. The Bertz CT molecular complexity index is 277. The molecular formula is C13H24N2O2. The van der Waals surface area contributed by atoms with Gasteiger partial charge in [-0.05, 0) is 64.1 Å². The Hall–Kier alpha value is -0.610. The quantitative estimate of drug-likeness (QED) is 0.720. The maximum absolute atomic E-state index is 11.7. The van der Waals surface area contributed by atoms with E-state index in [1.165, 1.54) is 32.9 Å². The molecule has 0 amide bonds. The molecule has 0 radical (unpaired) electrons. The largest absolute Gasteiger partial charge is 0.468 e. The number of esters is 1. The van der Waals surface area contributed by atoms with Crippen LogP contribution in [0.15, 0.2) is 0 Å². The second kappa shape index (κ2) is 5.36. The standard InChI is InChI=1S/C13H24N2O2/c1-13(12(16)17-2)7-11(9-15-13)6-10-4-3-5-14-8-10/h10-11,14-15H,3-9H2,1-2H3. The van der Waals surface area contributed by atoms with Crippen molar-refractivity contribution < 1.29 is 9.53 Å². The van der Waals surface area contributed by atoms with Crippen LogP contribution in [0.3, 0.4) is 0 Å². The van der Waals surface area contributed by atoms with Crippen LogP contribution in [0.25, 0.3) is 0 Å².